The van der Waals surface area contributed by atoms with Gasteiger partial charge in [0, 0.05) is 34.9 Å². The molecule has 0 radical (unpaired) electrons. The molecule has 1 saturated carbocycles. The standard InChI is InChI=1S/C35H42NO7/c1-19-4-3-5-23(12-19)25-14-21(7-9-28(25)38)22-6-8-24-29(39)16-31(43-30(24)15-22)32-26(13-20-10-11-36-17-20)35(42-2)34(41)33(40)27(32)18-37/h3,5,7,9-11,14,17,19,22-24,29-31,37-41H,4,6,8,12-13,15-16,18H2,1-2H3/q-1/t19-,22+,23-,24+,29+,30+,31+/m1/s1. The average Bonchev–Trinajstić information content (AvgIpc) is 3.52. The van der Waals surface area contributed by atoms with E-state index in [4.69, 9.17) is 9.47 Å². The molecule has 0 spiro atoms. The largest absolute Gasteiger partial charge is 0.670 e. The molecule has 2 fully saturated rings. The van der Waals surface area contributed by atoms with E-state index in [9.17, 15) is 25.5 Å². The fourth-order valence-electron chi connectivity index (χ4n) is 7.74. The number of aromatic hydroxyl groups is 3. The highest BCUT2D eigenvalue weighted by atomic mass is 16.5. The van der Waals surface area contributed by atoms with Gasteiger partial charge >= 0.3 is 0 Å². The maximum absolute atomic E-state index is 11.4. The van der Waals surface area contributed by atoms with Crippen molar-refractivity contribution in [3.8, 4) is 23.0 Å². The number of phenolic OH excluding ortho intramolecular Hbond substituents is 2. The van der Waals surface area contributed by atoms with Crippen LogP contribution in [0.25, 0.3) is 0 Å². The number of aromatic nitrogens is 1. The summed E-state index contributed by atoms with van der Waals surface area (Å²) in [6.07, 6.45) is 11.5. The molecule has 3 aromatic rings. The highest BCUT2D eigenvalue weighted by molar-refractivity contribution is 5.64. The quantitative estimate of drug-likeness (QED) is 0.175. The van der Waals surface area contributed by atoms with E-state index in [1.165, 1.54) is 12.7 Å². The molecule has 8 heteroatoms. The molecule has 7 atom stereocenters. The number of methoxy groups -OCH3 is 1. The first kappa shape index (κ1) is 29.6. The van der Waals surface area contributed by atoms with E-state index in [1.54, 1.807) is 12.4 Å². The zero-order valence-corrected chi connectivity index (χ0v) is 24.8. The molecule has 1 aromatic heterocycles. The van der Waals surface area contributed by atoms with Crippen LogP contribution in [0, 0.1) is 11.8 Å². The van der Waals surface area contributed by atoms with Crippen LogP contribution in [0.5, 0.6) is 23.0 Å². The highest BCUT2D eigenvalue weighted by Crippen LogP contribution is 2.52. The minimum Gasteiger partial charge on any atom is -0.670 e. The first-order valence-electron chi connectivity index (χ1n) is 15.4. The van der Waals surface area contributed by atoms with Gasteiger partial charge in [0.05, 0.1) is 32.0 Å². The predicted octanol–water partition coefficient (Wildman–Crippen LogP) is 5.70. The van der Waals surface area contributed by atoms with Gasteiger partial charge in [-0.3, -0.25) is 0 Å². The fraction of sp³-hybridized carbons (Fsp3) is 0.486. The van der Waals surface area contributed by atoms with Crippen LogP contribution >= 0.6 is 0 Å². The third kappa shape index (κ3) is 5.64. The van der Waals surface area contributed by atoms with Gasteiger partial charge in [0.15, 0.2) is 11.5 Å². The number of nitrogens with zero attached hydrogens (tertiary/aromatic N) is 1. The molecule has 2 aromatic carbocycles. The SMILES string of the molecule is COc1c(O)c(O)c(CO)c([C@@H]2C[C@H](O)[C@@H]3CC[C@H](c4ccc(O)c([C@@H]5C=CC[C@@H](C)C5)c4)C[C@@H]3O2)c1Cc1cc[n-]c1. The Morgan fingerprint density at radius 2 is 1.86 bits per heavy atom. The molecule has 230 valence electrons. The van der Waals surface area contributed by atoms with Gasteiger partial charge < -0.3 is 40.0 Å². The highest BCUT2D eigenvalue weighted by Gasteiger charge is 2.44. The van der Waals surface area contributed by atoms with Crippen molar-refractivity contribution in [3.05, 3.63) is 82.2 Å². The Morgan fingerprint density at radius 1 is 1.02 bits per heavy atom. The molecular weight excluding hydrogens is 546 g/mol. The lowest BCUT2D eigenvalue weighted by molar-refractivity contribution is -0.154. The normalized spacial score (nSPS) is 28.9. The van der Waals surface area contributed by atoms with Gasteiger partial charge in [0.1, 0.15) is 5.75 Å². The molecule has 0 amide bonds. The summed E-state index contributed by atoms with van der Waals surface area (Å²) in [5, 5.41) is 54.2. The second-order valence-corrected chi connectivity index (χ2v) is 12.7. The van der Waals surface area contributed by atoms with Crippen LogP contribution in [0.4, 0.5) is 0 Å². The van der Waals surface area contributed by atoms with Crippen molar-refractivity contribution in [3.63, 3.8) is 0 Å². The lowest BCUT2D eigenvalue weighted by atomic mass is 9.71. The van der Waals surface area contributed by atoms with E-state index in [0.717, 1.165) is 36.8 Å². The minimum atomic E-state index is -0.629. The number of aliphatic hydroxyl groups excluding tert-OH is 2. The molecule has 1 aliphatic heterocycles. The number of hydrogen-bond donors (Lipinski definition) is 5. The molecule has 8 nitrogen and oxygen atoms in total. The average molecular weight is 589 g/mol. The Balaban J connectivity index is 1.32. The van der Waals surface area contributed by atoms with Gasteiger partial charge in [0.25, 0.3) is 0 Å². The summed E-state index contributed by atoms with van der Waals surface area (Å²) in [5.41, 5.74) is 4.33. The van der Waals surface area contributed by atoms with Crippen LogP contribution in [0.15, 0.2) is 48.8 Å². The summed E-state index contributed by atoms with van der Waals surface area (Å²) in [4.78, 5) is 4.15. The van der Waals surface area contributed by atoms with Gasteiger partial charge in [-0.2, -0.15) is 12.4 Å². The monoisotopic (exact) mass is 588 g/mol. The van der Waals surface area contributed by atoms with Gasteiger partial charge in [0.2, 0.25) is 5.75 Å². The van der Waals surface area contributed by atoms with Gasteiger partial charge in [-0.25, -0.2) is 0 Å². The number of phenols is 3. The molecular formula is C35H42NO7-. The minimum absolute atomic E-state index is 0.0286. The predicted molar refractivity (Wildman–Crippen MR) is 162 cm³/mol. The molecule has 2 aliphatic carbocycles. The lowest BCUT2D eigenvalue weighted by Crippen LogP contribution is -2.44. The fourth-order valence-corrected chi connectivity index (χ4v) is 7.74. The molecule has 0 unspecified atom stereocenters. The van der Waals surface area contributed by atoms with Gasteiger partial charge in [-0.05, 0) is 67.6 Å². The van der Waals surface area contributed by atoms with Crippen molar-refractivity contribution in [2.24, 2.45) is 11.8 Å². The summed E-state index contributed by atoms with van der Waals surface area (Å²) in [6, 6.07) is 7.84. The first-order valence-corrected chi connectivity index (χ1v) is 15.4. The lowest BCUT2D eigenvalue weighted by Gasteiger charge is -2.45. The number of benzene rings is 2. The maximum atomic E-state index is 11.4. The number of rotatable bonds is 7. The van der Waals surface area contributed by atoms with Crippen molar-refractivity contribution in [1.29, 1.82) is 0 Å². The van der Waals surface area contributed by atoms with Gasteiger partial charge in [-0.15, -0.1) is 0 Å². The Morgan fingerprint density at radius 3 is 2.58 bits per heavy atom. The molecule has 43 heavy (non-hydrogen) atoms. The number of fused-ring (bicyclic) bond motifs is 1. The zero-order chi connectivity index (χ0) is 30.2. The van der Waals surface area contributed by atoms with Crippen LogP contribution in [0.1, 0.15) is 96.8 Å². The van der Waals surface area contributed by atoms with Crippen LogP contribution in [-0.2, 0) is 17.8 Å². The molecule has 1 saturated heterocycles. The topological polar surface area (TPSA) is 134 Å². The first-order chi connectivity index (χ1) is 20.8. The van der Waals surface area contributed by atoms with Crippen LogP contribution in [0.3, 0.4) is 0 Å². The van der Waals surface area contributed by atoms with Crippen LogP contribution in [-0.4, -0.2) is 44.9 Å². The second-order valence-electron chi connectivity index (χ2n) is 12.7. The molecule has 5 N–H and O–H groups in total. The summed E-state index contributed by atoms with van der Waals surface area (Å²) in [6.45, 7) is 1.73. The summed E-state index contributed by atoms with van der Waals surface area (Å²) in [7, 11) is 1.43. The van der Waals surface area contributed by atoms with Crippen molar-refractivity contribution < 1.29 is 35.0 Å². The van der Waals surface area contributed by atoms with E-state index in [2.05, 4.69) is 30.1 Å². The Bertz CT molecular complexity index is 1470. The van der Waals surface area contributed by atoms with Crippen LogP contribution in [0.2, 0.25) is 0 Å². The van der Waals surface area contributed by atoms with Crippen molar-refractivity contribution in [2.45, 2.75) is 88.6 Å². The summed E-state index contributed by atoms with van der Waals surface area (Å²) < 4.78 is 12.4. The van der Waals surface area contributed by atoms with E-state index in [1.807, 2.05) is 18.2 Å². The van der Waals surface area contributed by atoms with E-state index >= 15 is 0 Å². The second kappa shape index (κ2) is 12.3. The van der Waals surface area contributed by atoms with Crippen molar-refractivity contribution >= 4 is 0 Å². The smallest absolute Gasteiger partial charge is 0.201 e. The molecule has 0 bridgehead atoms. The van der Waals surface area contributed by atoms with Crippen LogP contribution < -0.4 is 9.72 Å². The number of aliphatic hydroxyl groups is 2. The van der Waals surface area contributed by atoms with E-state index < -0.39 is 30.3 Å². The molecule has 6 rings (SSSR count). The molecule has 2 heterocycles. The summed E-state index contributed by atoms with van der Waals surface area (Å²) in [5.74, 6) is 0.522. The van der Waals surface area contributed by atoms with E-state index in [0.29, 0.717) is 42.1 Å². The third-order valence-corrected chi connectivity index (χ3v) is 9.95. The van der Waals surface area contributed by atoms with Gasteiger partial charge in [-0.1, -0.05) is 42.8 Å². The Hall–Kier alpha value is -3.46. The summed E-state index contributed by atoms with van der Waals surface area (Å²) >= 11 is 0. The number of hydrogen-bond acceptors (Lipinski definition) is 7. The van der Waals surface area contributed by atoms with Crippen molar-refractivity contribution in [2.75, 3.05) is 7.11 Å². The Kier molecular flexibility index (Phi) is 8.45. The number of allylic oxidation sites excluding steroid dienone is 2. The maximum Gasteiger partial charge on any atom is 0.201 e. The number of ether oxygens (including phenoxy) is 2. The van der Waals surface area contributed by atoms with Crippen molar-refractivity contribution in [1.82, 2.24) is 4.98 Å². The Labute approximate surface area is 252 Å². The third-order valence-electron chi connectivity index (χ3n) is 9.95. The molecule has 3 aliphatic rings. The zero-order valence-electron chi connectivity index (χ0n) is 24.8. The van der Waals surface area contributed by atoms with E-state index in [-0.39, 0.29) is 35.2 Å².